The zero-order chi connectivity index (χ0) is 55.3. The van der Waals surface area contributed by atoms with Crippen molar-refractivity contribution in [2.45, 2.75) is 154 Å². The summed E-state index contributed by atoms with van der Waals surface area (Å²) in [5, 5.41) is 0. The standard InChI is InChI=1S/C40H48.C17H20.C8H10.C7H10.C2H6/c1-12-18-35(29(9)34-20-17-16-19-25(34)5)32(14-3)28(8)27(7)30-21-22-36-37(24-30)40(10,11)38-23-26(6)31(13-2)33(15-4)39(36)38;1-4-15-12-13(2)8-7-9-14(3)16-10-5-6-11-17(15)16;1-7-4-3-5-8(2)6-7;1-4-6-7(3)5-2;1-2/h13-17,19-24,27-28H,2,4,12,18H2,1,3,5-11H3;5-11,15H,3-4,12H2,1-2H3;3-6H,1-2H3;4-6H,1-2H2,3H3;1-2H3/b32-14-,35-29+;9-7-,13-8-;;7-6-;. The molecule has 3 unspecified atom stereocenters. The van der Waals surface area contributed by atoms with Crippen LogP contribution < -0.4 is 0 Å². The normalized spacial score (nSPS) is 16.5. The van der Waals surface area contributed by atoms with Crippen LogP contribution in [-0.2, 0) is 5.41 Å². The zero-order valence-corrected chi connectivity index (χ0v) is 49.0. The van der Waals surface area contributed by atoms with Gasteiger partial charge in [-0.25, -0.2) is 0 Å². The summed E-state index contributed by atoms with van der Waals surface area (Å²) >= 11 is 0. The van der Waals surface area contributed by atoms with Gasteiger partial charge < -0.3 is 0 Å². The first-order valence-electron chi connectivity index (χ1n) is 27.4. The molecule has 2 aliphatic carbocycles. The lowest BCUT2D eigenvalue weighted by molar-refractivity contribution is 0.558. The van der Waals surface area contributed by atoms with E-state index in [-0.39, 0.29) is 5.41 Å². The van der Waals surface area contributed by atoms with Gasteiger partial charge in [-0.15, -0.1) is 0 Å². The van der Waals surface area contributed by atoms with E-state index < -0.39 is 0 Å². The van der Waals surface area contributed by atoms with Crippen LogP contribution in [0.2, 0.25) is 0 Å². The molecule has 0 nitrogen and oxygen atoms in total. The molecule has 0 saturated heterocycles. The number of fused-ring (bicyclic) bond motifs is 4. The van der Waals surface area contributed by atoms with Crippen LogP contribution in [0, 0.1) is 33.6 Å². The Morgan fingerprint density at radius 3 is 1.91 bits per heavy atom. The van der Waals surface area contributed by atoms with Crippen LogP contribution >= 0.6 is 0 Å². The molecule has 0 radical (unpaired) electrons. The molecular formula is C74H94. The summed E-state index contributed by atoms with van der Waals surface area (Å²) in [5.41, 5.74) is 26.8. The smallest absolute Gasteiger partial charge is 0.0159 e. The molecule has 0 N–H and O–H groups in total. The fraction of sp³-hybridized carbons (Fsp3) is 0.324. The minimum Gasteiger partial charge on any atom is -0.0991 e. The molecule has 390 valence electrons. The van der Waals surface area contributed by atoms with Crippen LogP contribution in [0.3, 0.4) is 0 Å². The average Bonchev–Trinajstić information content (AvgIpc) is 3.64. The zero-order valence-electron chi connectivity index (χ0n) is 49.0. The third-order valence-corrected chi connectivity index (χ3v) is 15.0. The van der Waals surface area contributed by atoms with Crippen LogP contribution in [0.4, 0.5) is 0 Å². The van der Waals surface area contributed by atoms with E-state index in [1.165, 1.54) is 107 Å². The summed E-state index contributed by atoms with van der Waals surface area (Å²) < 4.78 is 0. The Kier molecular flexibility index (Phi) is 25.1. The fourth-order valence-corrected chi connectivity index (χ4v) is 10.6. The second-order valence-electron chi connectivity index (χ2n) is 20.6. The molecule has 0 spiro atoms. The van der Waals surface area contributed by atoms with Gasteiger partial charge in [0, 0.05) is 5.41 Å². The summed E-state index contributed by atoms with van der Waals surface area (Å²) in [6.45, 7) is 55.1. The highest BCUT2D eigenvalue weighted by Gasteiger charge is 2.38. The Labute approximate surface area is 453 Å². The summed E-state index contributed by atoms with van der Waals surface area (Å²) in [5.74, 6) is 1.39. The van der Waals surface area contributed by atoms with E-state index in [0.29, 0.717) is 17.8 Å². The molecule has 2 aliphatic rings. The van der Waals surface area contributed by atoms with Crippen molar-refractivity contribution in [3.63, 3.8) is 0 Å². The average molecular weight is 984 g/mol. The van der Waals surface area contributed by atoms with Crippen molar-refractivity contribution in [1.29, 1.82) is 0 Å². The van der Waals surface area contributed by atoms with Gasteiger partial charge in [0.25, 0.3) is 0 Å². The lowest BCUT2D eigenvalue weighted by Gasteiger charge is -2.28. The van der Waals surface area contributed by atoms with Crippen molar-refractivity contribution in [2.24, 2.45) is 5.92 Å². The number of benzene rings is 5. The van der Waals surface area contributed by atoms with Crippen LogP contribution in [0.25, 0.3) is 34.4 Å². The Morgan fingerprint density at radius 1 is 0.730 bits per heavy atom. The molecular weight excluding hydrogens is 889 g/mol. The largest absolute Gasteiger partial charge is 0.0991 e. The summed E-state index contributed by atoms with van der Waals surface area (Å²) in [7, 11) is 0. The van der Waals surface area contributed by atoms with Crippen LogP contribution in [0.5, 0.6) is 0 Å². The Balaban J connectivity index is 0.000000343. The molecule has 3 atom stereocenters. The lowest BCUT2D eigenvalue weighted by atomic mass is 9.76. The molecule has 7 rings (SSSR count). The van der Waals surface area contributed by atoms with Crippen molar-refractivity contribution in [2.75, 3.05) is 0 Å². The van der Waals surface area contributed by atoms with E-state index in [2.05, 4.69) is 244 Å². The van der Waals surface area contributed by atoms with Crippen molar-refractivity contribution >= 4 is 23.3 Å². The number of hydrogen-bond donors (Lipinski definition) is 0. The molecule has 0 aromatic heterocycles. The Morgan fingerprint density at radius 2 is 1.36 bits per heavy atom. The van der Waals surface area contributed by atoms with E-state index in [9.17, 15) is 0 Å². The molecule has 0 bridgehead atoms. The third-order valence-electron chi connectivity index (χ3n) is 15.0. The first-order chi connectivity index (χ1) is 35.3. The highest BCUT2D eigenvalue weighted by atomic mass is 14.4. The van der Waals surface area contributed by atoms with Gasteiger partial charge in [-0.05, 0) is 181 Å². The first kappa shape index (κ1) is 61.8. The van der Waals surface area contributed by atoms with Gasteiger partial charge in [0.15, 0.2) is 0 Å². The highest BCUT2D eigenvalue weighted by molar-refractivity contribution is 5.91. The SMILES string of the molecule is C=C/C=C(/C)C=C.C=C1/C=C\C=C(\C)CC(CC)c2ccccc21.C=Cc1c(C)cc2c(c1C=C)-c1ccc(C(C)C(C)C(=C/C)/C(CCC)=C(\C)c3ccccc3C)cc1C2(C)C.CC.Cc1cccc(C)c1. The maximum Gasteiger partial charge on any atom is 0.0159 e. The monoisotopic (exact) mass is 983 g/mol. The van der Waals surface area contributed by atoms with Crippen molar-refractivity contribution < 1.29 is 0 Å². The molecule has 5 aromatic carbocycles. The molecule has 5 aromatic rings. The predicted octanol–water partition coefficient (Wildman–Crippen LogP) is 22.6. The second-order valence-corrected chi connectivity index (χ2v) is 20.6. The topological polar surface area (TPSA) is 0 Å². The van der Waals surface area contributed by atoms with E-state index in [4.69, 9.17) is 0 Å². The Bertz CT molecular complexity index is 2870. The number of rotatable bonds is 12. The molecule has 0 saturated carbocycles. The molecule has 0 fully saturated rings. The fourth-order valence-electron chi connectivity index (χ4n) is 10.6. The van der Waals surface area contributed by atoms with Crippen molar-refractivity contribution in [1.82, 2.24) is 0 Å². The van der Waals surface area contributed by atoms with Crippen molar-refractivity contribution in [3.8, 4) is 11.1 Å². The molecule has 0 heterocycles. The molecule has 0 amide bonds. The summed E-state index contributed by atoms with van der Waals surface area (Å²) in [4.78, 5) is 0. The van der Waals surface area contributed by atoms with E-state index in [1.807, 2.05) is 39.0 Å². The highest BCUT2D eigenvalue weighted by Crippen LogP contribution is 2.53. The predicted molar refractivity (Wildman–Crippen MR) is 336 cm³/mol. The lowest BCUT2D eigenvalue weighted by Crippen LogP contribution is -2.17. The molecule has 0 aliphatic heterocycles. The van der Waals surface area contributed by atoms with E-state index in [1.54, 1.807) is 12.2 Å². The van der Waals surface area contributed by atoms with Crippen LogP contribution in [-0.4, -0.2) is 0 Å². The quantitative estimate of drug-likeness (QED) is 0.109. The van der Waals surface area contributed by atoms with Crippen molar-refractivity contribution in [3.05, 3.63) is 262 Å². The van der Waals surface area contributed by atoms with Gasteiger partial charge in [0.1, 0.15) is 0 Å². The van der Waals surface area contributed by atoms with E-state index in [0.717, 1.165) is 30.4 Å². The number of hydrogen-bond acceptors (Lipinski definition) is 0. The minimum absolute atomic E-state index is 0.0655. The van der Waals surface area contributed by atoms with Crippen LogP contribution in [0.1, 0.15) is 187 Å². The van der Waals surface area contributed by atoms with Crippen LogP contribution in [0.15, 0.2) is 195 Å². The van der Waals surface area contributed by atoms with Gasteiger partial charge in [-0.3, -0.25) is 0 Å². The maximum absolute atomic E-state index is 4.19. The first-order valence-corrected chi connectivity index (χ1v) is 27.4. The van der Waals surface area contributed by atoms with E-state index >= 15 is 0 Å². The second kappa shape index (κ2) is 30.0. The van der Waals surface area contributed by atoms with Gasteiger partial charge >= 0.3 is 0 Å². The molecule has 0 heteroatoms. The van der Waals surface area contributed by atoms with Gasteiger partial charge in [0.05, 0.1) is 0 Å². The number of allylic oxidation sites excluding steroid dienone is 13. The summed E-state index contributed by atoms with van der Waals surface area (Å²) in [6, 6.07) is 35.5. The minimum atomic E-state index is -0.0655. The Hall–Kier alpha value is -6.50. The summed E-state index contributed by atoms with van der Waals surface area (Å²) in [6.07, 6.45) is 22.8. The number of aryl methyl sites for hydroxylation is 4. The third kappa shape index (κ3) is 15.5. The van der Waals surface area contributed by atoms with Gasteiger partial charge in [-0.1, -0.05) is 269 Å². The van der Waals surface area contributed by atoms with Gasteiger partial charge in [0.2, 0.25) is 0 Å². The molecule has 74 heavy (non-hydrogen) atoms. The van der Waals surface area contributed by atoms with Gasteiger partial charge in [-0.2, -0.15) is 0 Å². The maximum atomic E-state index is 4.19.